The van der Waals surface area contributed by atoms with Crippen molar-refractivity contribution in [1.29, 1.82) is 0 Å². The average Bonchev–Trinajstić information content (AvgIpc) is 2.73. The van der Waals surface area contributed by atoms with E-state index in [4.69, 9.17) is 0 Å². The number of benzene rings is 1. The quantitative estimate of drug-likeness (QED) is 0.634. The lowest BCUT2D eigenvalue weighted by molar-refractivity contribution is -0.882. The molecular formula is C23H35N4O3+. The number of hydrogen-bond acceptors (Lipinski definition) is 3. The molecule has 1 saturated carbocycles. The summed E-state index contributed by atoms with van der Waals surface area (Å²) in [6.45, 7) is 5.69. The average molecular weight is 416 g/mol. The molecule has 1 saturated heterocycles. The standard InChI is InChI=1S/C23H34N4O3/c1-3-26(15-22(29)25-20-12-10-19(11-13-20)24-17(2)28)16-23(30)27-14-6-8-18-7-4-5-9-21(18)27/h10-13,18,21H,3-9,14-16H2,1-2H3,(H,24,28)(H,25,29)/p+1/t18-,21-/m0/s1. The molecule has 1 aromatic carbocycles. The van der Waals surface area contributed by atoms with Crippen LogP contribution in [0.25, 0.3) is 0 Å². The molecule has 1 aliphatic carbocycles. The first-order valence-electron chi connectivity index (χ1n) is 11.3. The van der Waals surface area contributed by atoms with Gasteiger partial charge in [-0.2, -0.15) is 0 Å². The molecule has 1 aromatic rings. The lowest BCUT2D eigenvalue weighted by Gasteiger charge is -2.44. The van der Waals surface area contributed by atoms with Gasteiger partial charge in [-0.05, 0) is 62.8 Å². The number of quaternary nitrogens is 1. The number of anilines is 2. The molecule has 7 heteroatoms. The van der Waals surface area contributed by atoms with E-state index in [2.05, 4.69) is 15.5 Å². The Balaban J connectivity index is 1.51. The first kappa shape index (κ1) is 22.3. The van der Waals surface area contributed by atoms with Crippen LogP contribution in [0.2, 0.25) is 0 Å². The Kier molecular flexibility index (Phi) is 7.85. The van der Waals surface area contributed by atoms with E-state index in [1.54, 1.807) is 24.3 Å². The van der Waals surface area contributed by atoms with Crippen LogP contribution in [0.3, 0.4) is 0 Å². The largest absolute Gasteiger partial charge is 0.335 e. The van der Waals surface area contributed by atoms with Crippen LogP contribution in [0.1, 0.15) is 52.4 Å². The van der Waals surface area contributed by atoms with Crippen molar-refractivity contribution >= 4 is 29.1 Å². The molecule has 1 unspecified atom stereocenters. The summed E-state index contributed by atoms with van der Waals surface area (Å²) in [5.74, 6) is 0.620. The topological polar surface area (TPSA) is 83.0 Å². The molecule has 3 amide bonds. The normalized spacial score (nSPS) is 22.0. The summed E-state index contributed by atoms with van der Waals surface area (Å²) >= 11 is 0. The van der Waals surface area contributed by atoms with Gasteiger partial charge < -0.3 is 20.4 Å². The fourth-order valence-electron chi connectivity index (χ4n) is 4.83. The molecule has 3 N–H and O–H groups in total. The highest BCUT2D eigenvalue weighted by Crippen LogP contribution is 2.35. The molecule has 3 rings (SSSR count). The van der Waals surface area contributed by atoms with E-state index >= 15 is 0 Å². The monoisotopic (exact) mass is 415 g/mol. The number of hydrogen-bond donors (Lipinski definition) is 3. The number of rotatable bonds is 7. The number of likely N-dealkylation sites (N-methyl/N-ethyl adjacent to an activating group) is 1. The molecule has 2 aliphatic rings. The zero-order valence-electron chi connectivity index (χ0n) is 18.2. The minimum absolute atomic E-state index is 0.110. The molecular weight excluding hydrogens is 380 g/mol. The van der Waals surface area contributed by atoms with Crippen molar-refractivity contribution < 1.29 is 19.3 Å². The third-order valence-corrected chi connectivity index (χ3v) is 6.36. The highest BCUT2D eigenvalue weighted by molar-refractivity contribution is 5.92. The molecule has 30 heavy (non-hydrogen) atoms. The SMILES string of the molecule is CC[NH+](CC(=O)Nc1ccc(NC(C)=O)cc1)CC(=O)N1CCC[C@@H]2CCCC[C@@H]21. The van der Waals surface area contributed by atoms with Gasteiger partial charge in [0, 0.05) is 30.9 Å². The summed E-state index contributed by atoms with van der Waals surface area (Å²) in [7, 11) is 0. The van der Waals surface area contributed by atoms with Gasteiger partial charge >= 0.3 is 0 Å². The minimum atomic E-state index is -0.133. The third-order valence-electron chi connectivity index (χ3n) is 6.36. The lowest BCUT2D eigenvalue weighted by atomic mass is 9.78. The van der Waals surface area contributed by atoms with E-state index in [1.165, 1.54) is 32.6 Å². The lowest BCUT2D eigenvalue weighted by Crippen LogP contribution is -3.14. The summed E-state index contributed by atoms with van der Waals surface area (Å²) < 4.78 is 0. The van der Waals surface area contributed by atoms with Gasteiger partial charge in [-0.15, -0.1) is 0 Å². The molecule has 1 heterocycles. The Labute approximate surface area is 179 Å². The van der Waals surface area contributed by atoms with Crippen LogP contribution < -0.4 is 15.5 Å². The van der Waals surface area contributed by atoms with Gasteiger partial charge in [-0.25, -0.2) is 0 Å². The van der Waals surface area contributed by atoms with Crippen LogP contribution in [-0.4, -0.2) is 54.8 Å². The number of amides is 3. The molecule has 2 fully saturated rings. The van der Waals surface area contributed by atoms with Gasteiger partial charge in [0.05, 0.1) is 6.54 Å². The number of carbonyl (C=O) groups excluding carboxylic acids is 3. The van der Waals surface area contributed by atoms with Crippen molar-refractivity contribution in [3.05, 3.63) is 24.3 Å². The van der Waals surface area contributed by atoms with Gasteiger partial charge in [0.25, 0.3) is 11.8 Å². The van der Waals surface area contributed by atoms with E-state index in [0.29, 0.717) is 29.9 Å². The Bertz CT molecular complexity index is 747. The van der Waals surface area contributed by atoms with Crippen LogP contribution in [0.4, 0.5) is 11.4 Å². The summed E-state index contributed by atoms with van der Waals surface area (Å²) in [6.07, 6.45) is 7.25. The fourth-order valence-corrected chi connectivity index (χ4v) is 4.83. The highest BCUT2D eigenvalue weighted by Gasteiger charge is 2.36. The summed E-state index contributed by atoms with van der Waals surface area (Å²) in [5, 5.41) is 5.59. The molecule has 0 aromatic heterocycles. The molecule has 7 nitrogen and oxygen atoms in total. The maximum atomic E-state index is 13.0. The number of nitrogens with zero attached hydrogens (tertiary/aromatic N) is 1. The molecule has 0 radical (unpaired) electrons. The maximum Gasteiger partial charge on any atom is 0.279 e. The molecule has 1 aliphatic heterocycles. The summed E-state index contributed by atoms with van der Waals surface area (Å²) in [5.41, 5.74) is 1.37. The van der Waals surface area contributed by atoms with E-state index < -0.39 is 0 Å². The van der Waals surface area contributed by atoms with E-state index in [-0.39, 0.29) is 24.3 Å². The summed E-state index contributed by atoms with van der Waals surface area (Å²) in [6, 6.07) is 7.44. The fraction of sp³-hybridized carbons (Fsp3) is 0.609. The van der Waals surface area contributed by atoms with Crippen molar-refractivity contribution in [2.45, 2.75) is 58.4 Å². The third kappa shape index (κ3) is 6.05. The van der Waals surface area contributed by atoms with Crippen molar-refractivity contribution in [3.8, 4) is 0 Å². The second-order valence-corrected chi connectivity index (χ2v) is 8.61. The Morgan fingerprint density at radius 2 is 1.60 bits per heavy atom. The van der Waals surface area contributed by atoms with Crippen molar-refractivity contribution in [2.24, 2.45) is 5.92 Å². The second kappa shape index (κ2) is 10.6. The van der Waals surface area contributed by atoms with Crippen LogP contribution in [0.5, 0.6) is 0 Å². The second-order valence-electron chi connectivity index (χ2n) is 8.61. The maximum absolute atomic E-state index is 13.0. The zero-order valence-corrected chi connectivity index (χ0v) is 18.2. The molecule has 164 valence electrons. The van der Waals surface area contributed by atoms with E-state index in [1.807, 2.05) is 6.92 Å². The summed E-state index contributed by atoms with van der Waals surface area (Å²) in [4.78, 5) is 39.7. The van der Waals surface area contributed by atoms with Gasteiger partial charge in [-0.3, -0.25) is 14.4 Å². The Morgan fingerprint density at radius 3 is 2.27 bits per heavy atom. The highest BCUT2D eigenvalue weighted by atomic mass is 16.2. The number of nitrogens with one attached hydrogen (secondary N) is 3. The van der Waals surface area contributed by atoms with Crippen molar-refractivity contribution in [3.63, 3.8) is 0 Å². The zero-order chi connectivity index (χ0) is 21.5. The molecule has 0 spiro atoms. The van der Waals surface area contributed by atoms with Gasteiger partial charge in [0.15, 0.2) is 13.1 Å². The van der Waals surface area contributed by atoms with Crippen LogP contribution >= 0.6 is 0 Å². The number of piperidine rings is 1. The van der Waals surface area contributed by atoms with Gasteiger partial charge in [-0.1, -0.05) is 12.8 Å². The Morgan fingerprint density at radius 1 is 0.967 bits per heavy atom. The predicted molar refractivity (Wildman–Crippen MR) is 117 cm³/mol. The number of carbonyl (C=O) groups is 3. The first-order valence-corrected chi connectivity index (χ1v) is 11.3. The van der Waals surface area contributed by atoms with Crippen LogP contribution in [-0.2, 0) is 14.4 Å². The van der Waals surface area contributed by atoms with E-state index in [9.17, 15) is 14.4 Å². The smallest absolute Gasteiger partial charge is 0.279 e. The van der Waals surface area contributed by atoms with Crippen LogP contribution in [0, 0.1) is 5.92 Å². The van der Waals surface area contributed by atoms with Gasteiger partial charge in [0.1, 0.15) is 0 Å². The number of fused-ring (bicyclic) bond motifs is 1. The number of likely N-dealkylation sites (tertiary alicyclic amines) is 1. The first-order chi connectivity index (χ1) is 14.5. The van der Waals surface area contributed by atoms with E-state index in [0.717, 1.165) is 30.8 Å². The molecule has 0 bridgehead atoms. The van der Waals surface area contributed by atoms with Crippen molar-refractivity contribution in [1.82, 2.24) is 4.90 Å². The van der Waals surface area contributed by atoms with Gasteiger partial charge in [0.2, 0.25) is 5.91 Å². The minimum Gasteiger partial charge on any atom is -0.335 e. The Hall–Kier alpha value is -2.41. The molecule has 3 atom stereocenters. The predicted octanol–water partition coefficient (Wildman–Crippen LogP) is 1.67. The van der Waals surface area contributed by atoms with Crippen molar-refractivity contribution in [2.75, 3.05) is 36.8 Å². The van der Waals surface area contributed by atoms with Crippen LogP contribution in [0.15, 0.2) is 24.3 Å².